The van der Waals surface area contributed by atoms with Gasteiger partial charge in [0, 0.05) is 0 Å². The number of phenolic OH excluding ortho intramolecular Hbond substituents is 1. The molecule has 0 heterocycles. The van der Waals surface area contributed by atoms with Crippen molar-refractivity contribution in [2.24, 2.45) is 5.73 Å². The molecule has 1 unspecified atom stereocenters. The van der Waals surface area contributed by atoms with E-state index in [1.54, 1.807) is 19.1 Å². The third-order valence-electron chi connectivity index (χ3n) is 3.40. The van der Waals surface area contributed by atoms with E-state index in [9.17, 15) is 9.90 Å². The molecular weight excluding hydrogens is 288 g/mol. The molecule has 0 aliphatic rings. The van der Waals surface area contributed by atoms with E-state index in [1.807, 2.05) is 13.0 Å². The van der Waals surface area contributed by atoms with E-state index in [-0.39, 0.29) is 29.5 Å². The van der Waals surface area contributed by atoms with Crippen LogP contribution in [0.2, 0.25) is 0 Å². The molecule has 0 aromatic heterocycles. The first kappa shape index (κ1) is 19.7. The zero-order valence-corrected chi connectivity index (χ0v) is 14.3. The van der Waals surface area contributed by atoms with Crippen LogP contribution in [0.5, 0.6) is 5.75 Å². The van der Waals surface area contributed by atoms with Crippen LogP contribution in [0.4, 0.5) is 5.69 Å². The fraction of sp³-hybridized carbons (Fsp3) is 0.562. The quantitative estimate of drug-likeness (QED) is 0.744. The van der Waals surface area contributed by atoms with Crippen molar-refractivity contribution in [3.05, 3.63) is 23.8 Å². The largest absolute Gasteiger partial charge is 0.506 e. The van der Waals surface area contributed by atoms with Crippen LogP contribution in [0.3, 0.4) is 0 Å². The van der Waals surface area contributed by atoms with Gasteiger partial charge in [-0.15, -0.1) is 12.4 Å². The Hall–Kier alpha value is -1.26. The Labute approximate surface area is 133 Å². The van der Waals surface area contributed by atoms with Crippen LogP contribution >= 0.6 is 12.4 Å². The normalized spacial score (nSPS) is 14.0. The number of aromatic hydroxyl groups is 1. The van der Waals surface area contributed by atoms with Crippen molar-refractivity contribution in [3.8, 4) is 5.75 Å². The smallest absolute Gasteiger partial charge is 0.244 e. The van der Waals surface area contributed by atoms with Gasteiger partial charge in [-0.1, -0.05) is 40.2 Å². The minimum atomic E-state index is -0.932. The van der Waals surface area contributed by atoms with Gasteiger partial charge >= 0.3 is 0 Å². The molecule has 5 heteroatoms. The van der Waals surface area contributed by atoms with E-state index in [2.05, 4.69) is 26.1 Å². The lowest BCUT2D eigenvalue weighted by molar-refractivity contribution is -0.120. The lowest BCUT2D eigenvalue weighted by atomic mass is 9.86. The van der Waals surface area contributed by atoms with E-state index in [4.69, 9.17) is 5.73 Å². The number of rotatable bonds is 4. The second-order valence-electron chi connectivity index (χ2n) is 6.60. The molecule has 21 heavy (non-hydrogen) atoms. The molecule has 1 aromatic carbocycles. The fourth-order valence-corrected chi connectivity index (χ4v) is 2.00. The van der Waals surface area contributed by atoms with E-state index in [0.29, 0.717) is 12.1 Å². The number of benzene rings is 1. The molecule has 1 atom stereocenters. The van der Waals surface area contributed by atoms with Crippen LogP contribution in [0.25, 0.3) is 0 Å². The van der Waals surface area contributed by atoms with Crippen molar-refractivity contribution in [2.45, 2.75) is 58.4 Å². The third kappa shape index (κ3) is 5.21. The molecule has 0 spiro atoms. The molecule has 0 radical (unpaired) electrons. The van der Waals surface area contributed by atoms with E-state index >= 15 is 0 Å². The number of hydrogen-bond donors (Lipinski definition) is 3. The highest BCUT2D eigenvalue weighted by Crippen LogP contribution is 2.31. The first-order valence-corrected chi connectivity index (χ1v) is 7.02. The Morgan fingerprint density at radius 3 is 2.33 bits per heavy atom. The van der Waals surface area contributed by atoms with Gasteiger partial charge in [0.05, 0.1) is 11.2 Å². The second-order valence-corrected chi connectivity index (χ2v) is 6.60. The van der Waals surface area contributed by atoms with Crippen LogP contribution in [0, 0.1) is 0 Å². The van der Waals surface area contributed by atoms with Gasteiger partial charge in [0.15, 0.2) is 0 Å². The minimum absolute atomic E-state index is 0. The van der Waals surface area contributed by atoms with Crippen LogP contribution < -0.4 is 11.1 Å². The summed E-state index contributed by atoms with van der Waals surface area (Å²) in [7, 11) is 0. The Balaban J connectivity index is 0.00000400. The molecule has 4 N–H and O–H groups in total. The van der Waals surface area contributed by atoms with Gasteiger partial charge in [0.2, 0.25) is 5.91 Å². The van der Waals surface area contributed by atoms with Crippen molar-refractivity contribution in [3.63, 3.8) is 0 Å². The van der Waals surface area contributed by atoms with Crippen LogP contribution in [-0.2, 0) is 10.2 Å². The molecule has 0 aliphatic carbocycles. The molecule has 0 fully saturated rings. The van der Waals surface area contributed by atoms with Crippen molar-refractivity contribution in [2.75, 3.05) is 5.32 Å². The number of phenols is 1. The monoisotopic (exact) mass is 314 g/mol. The number of hydrogen-bond acceptors (Lipinski definition) is 3. The van der Waals surface area contributed by atoms with Gasteiger partial charge in [0.1, 0.15) is 5.75 Å². The number of anilines is 1. The maximum Gasteiger partial charge on any atom is 0.244 e. The number of nitrogens with one attached hydrogen (secondary N) is 1. The topological polar surface area (TPSA) is 75.4 Å². The summed E-state index contributed by atoms with van der Waals surface area (Å²) in [6, 6.07) is 5.26. The van der Waals surface area contributed by atoms with Crippen LogP contribution in [-0.4, -0.2) is 16.6 Å². The molecule has 1 aromatic rings. The maximum atomic E-state index is 12.2. The number of halogens is 1. The van der Waals surface area contributed by atoms with Crippen molar-refractivity contribution in [1.29, 1.82) is 0 Å². The summed E-state index contributed by atoms with van der Waals surface area (Å²) >= 11 is 0. The summed E-state index contributed by atoms with van der Waals surface area (Å²) in [4.78, 5) is 12.2. The maximum absolute atomic E-state index is 12.2. The predicted molar refractivity (Wildman–Crippen MR) is 90.2 cm³/mol. The van der Waals surface area contributed by atoms with Gasteiger partial charge in [0.25, 0.3) is 0 Å². The third-order valence-corrected chi connectivity index (χ3v) is 3.40. The molecule has 0 aliphatic heterocycles. The summed E-state index contributed by atoms with van der Waals surface area (Å²) in [5.74, 6) is -0.223. The molecular formula is C16H27ClN2O2. The zero-order valence-electron chi connectivity index (χ0n) is 13.5. The first-order chi connectivity index (χ1) is 9.08. The molecule has 0 bridgehead atoms. The highest BCUT2D eigenvalue weighted by Gasteiger charge is 2.28. The minimum Gasteiger partial charge on any atom is -0.506 e. The van der Waals surface area contributed by atoms with Crippen molar-refractivity contribution < 1.29 is 9.90 Å². The van der Waals surface area contributed by atoms with Gasteiger partial charge in [-0.25, -0.2) is 0 Å². The summed E-state index contributed by atoms with van der Waals surface area (Å²) in [5, 5.41) is 12.6. The van der Waals surface area contributed by atoms with Gasteiger partial charge in [-0.2, -0.15) is 0 Å². The second kappa shape index (κ2) is 7.14. The van der Waals surface area contributed by atoms with E-state index in [1.165, 1.54) is 0 Å². The number of nitrogens with two attached hydrogens (primary N) is 1. The highest BCUT2D eigenvalue weighted by atomic mass is 35.5. The first-order valence-electron chi connectivity index (χ1n) is 7.02. The van der Waals surface area contributed by atoms with Crippen molar-refractivity contribution in [1.82, 2.24) is 0 Å². The average Bonchev–Trinajstić information content (AvgIpc) is 2.30. The number of amides is 1. The van der Waals surface area contributed by atoms with Gasteiger partial charge < -0.3 is 16.2 Å². The molecule has 1 amide bonds. The van der Waals surface area contributed by atoms with Crippen LogP contribution in [0.1, 0.15) is 53.0 Å². The molecule has 0 saturated carbocycles. The standard InChI is InChI=1S/C16H26N2O2.ClH/c1-6-9-16(5,17)14(20)18-12-10-11(15(2,3)4)7-8-13(12)19;/h7-8,10,19H,6,9,17H2,1-5H3,(H,18,20);1H. The van der Waals surface area contributed by atoms with E-state index < -0.39 is 5.54 Å². The van der Waals surface area contributed by atoms with Gasteiger partial charge in [-0.3, -0.25) is 4.79 Å². The summed E-state index contributed by atoms with van der Waals surface area (Å²) in [6.45, 7) is 9.92. The van der Waals surface area contributed by atoms with Gasteiger partial charge in [-0.05, 0) is 36.5 Å². The fourth-order valence-electron chi connectivity index (χ4n) is 2.00. The zero-order chi connectivity index (χ0) is 15.6. The number of carbonyl (C=O) groups is 1. The Bertz CT molecular complexity index is 494. The molecule has 4 nitrogen and oxygen atoms in total. The number of carbonyl (C=O) groups excluding carboxylic acids is 1. The lowest BCUT2D eigenvalue weighted by Gasteiger charge is -2.24. The Morgan fingerprint density at radius 2 is 1.86 bits per heavy atom. The highest BCUT2D eigenvalue weighted by molar-refractivity contribution is 5.98. The summed E-state index contributed by atoms with van der Waals surface area (Å²) < 4.78 is 0. The summed E-state index contributed by atoms with van der Waals surface area (Å²) in [6.07, 6.45) is 1.42. The predicted octanol–water partition coefficient (Wildman–Crippen LogP) is 3.57. The summed E-state index contributed by atoms with van der Waals surface area (Å²) in [5.41, 5.74) is 6.47. The molecule has 120 valence electrons. The average molecular weight is 315 g/mol. The molecule has 1 rings (SSSR count). The van der Waals surface area contributed by atoms with Crippen LogP contribution in [0.15, 0.2) is 18.2 Å². The Morgan fingerprint density at radius 1 is 1.29 bits per heavy atom. The SMILES string of the molecule is CCCC(C)(N)C(=O)Nc1cc(C(C)(C)C)ccc1O.Cl. The van der Waals surface area contributed by atoms with E-state index in [0.717, 1.165) is 12.0 Å². The van der Waals surface area contributed by atoms with Crippen molar-refractivity contribution >= 4 is 24.0 Å². The Kier molecular flexibility index (Phi) is 6.71. The molecule has 0 saturated heterocycles. The lowest BCUT2D eigenvalue weighted by Crippen LogP contribution is -2.48.